The molecule has 1 aromatic heterocycles. The van der Waals surface area contributed by atoms with Gasteiger partial charge in [0.15, 0.2) is 0 Å². The Morgan fingerprint density at radius 1 is 1.15 bits per heavy atom. The SMILES string of the molecule is CCN(CC)C(=O)c1sc(NC(=O)C(C)(C)C)c(C(=O)OC(C)C)c1C. The maximum Gasteiger partial charge on any atom is 0.341 e. The number of carbonyl (C=O) groups is 3. The predicted octanol–water partition coefficient (Wildman–Crippen LogP) is 4.09. The van der Waals surface area contributed by atoms with Gasteiger partial charge in [-0.2, -0.15) is 0 Å². The van der Waals surface area contributed by atoms with Crippen molar-refractivity contribution in [1.82, 2.24) is 4.90 Å². The van der Waals surface area contributed by atoms with E-state index in [9.17, 15) is 14.4 Å². The molecule has 1 N–H and O–H groups in total. The normalized spacial score (nSPS) is 11.4. The highest BCUT2D eigenvalue weighted by atomic mass is 32.1. The first-order valence-electron chi connectivity index (χ1n) is 8.89. The topological polar surface area (TPSA) is 75.7 Å². The van der Waals surface area contributed by atoms with Crippen LogP contribution in [0.1, 0.15) is 74.1 Å². The first-order valence-corrected chi connectivity index (χ1v) is 9.70. The van der Waals surface area contributed by atoms with Crippen LogP contribution in [0.5, 0.6) is 0 Å². The molecule has 0 bridgehead atoms. The van der Waals surface area contributed by atoms with Crippen LogP contribution in [0.25, 0.3) is 0 Å². The number of amides is 2. The van der Waals surface area contributed by atoms with E-state index in [4.69, 9.17) is 4.74 Å². The van der Waals surface area contributed by atoms with Crippen LogP contribution in [0.3, 0.4) is 0 Å². The van der Waals surface area contributed by atoms with Crippen molar-refractivity contribution in [3.05, 3.63) is 16.0 Å². The van der Waals surface area contributed by atoms with Crippen molar-refractivity contribution < 1.29 is 19.1 Å². The van der Waals surface area contributed by atoms with Crippen LogP contribution in [-0.2, 0) is 9.53 Å². The lowest BCUT2D eigenvalue weighted by Crippen LogP contribution is -2.30. The summed E-state index contributed by atoms with van der Waals surface area (Å²) >= 11 is 1.13. The van der Waals surface area contributed by atoms with Crippen molar-refractivity contribution in [2.24, 2.45) is 5.41 Å². The molecule has 0 aliphatic heterocycles. The van der Waals surface area contributed by atoms with E-state index in [-0.39, 0.29) is 23.5 Å². The number of nitrogens with zero attached hydrogens (tertiary/aromatic N) is 1. The molecule has 0 saturated heterocycles. The van der Waals surface area contributed by atoms with Gasteiger partial charge in [-0.15, -0.1) is 11.3 Å². The minimum absolute atomic E-state index is 0.146. The van der Waals surface area contributed by atoms with Gasteiger partial charge in [0.25, 0.3) is 5.91 Å². The summed E-state index contributed by atoms with van der Waals surface area (Å²) in [5.41, 5.74) is 0.179. The second-order valence-corrected chi connectivity index (χ2v) is 8.42. The lowest BCUT2D eigenvalue weighted by Gasteiger charge is -2.18. The number of esters is 1. The zero-order chi connectivity index (χ0) is 20.2. The highest BCUT2D eigenvalue weighted by Crippen LogP contribution is 2.35. The molecule has 146 valence electrons. The van der Waals surface area contributed by atoms with Crippen LogP contribution in [-0.4, -0.2) is 41.9 Å². The molecule has 0 fully saturated rings. The fourth-order valence-corrected chi connectivity index (χ4v) is 3.43. The largest absolute Gasteiger partial charge is 0.459 e. The van der Waals surface area contributed by atoms with Crippen molar-refractivity contribution in [2.75, 3.05) is 18.4 Å². The number of rotatable bonds is 6. The van der Waals surface area contributed by atoms with E-state index in [1.807, 2.05) is 13.8 Å². The van der Waals surface area contributed by atoms with Gasteiger partial charge in [-0.25, -0.2) is 4.79 Å². The molecule has 0 atom stereocenters. The van der Waals surface area contributed by atoms with Crippen LogP contribution >= 0.6 is 11.3 Å². The summed E-state index contributed by atoms with van der Waals surface area (Å²) in [5, 5.41) is 3.17. The van der Waals surface area contributed by atoms with Crippen LogP contribution in [0.2, 0.25) is 0 Å². The molecule has 0 saturated carbocycles. The van der Waals surface area contributed by atoms with Gasteiger partial charge in [-0.3, -0.25) is 9.59 Å². The predicted molar refractivity (Wildman–Crippen MR) is 105 cm³/mol. The van der Waals surface area contributed by atoms with Gasteiger partial charge in [0.1, 0.15) is 5.00 Å². The summed E-state index contributed by atoms with van der Waals surface area (Å²) in [7, 11) is 0. The van der Waals surface area contributed by atoms with Crippen LogP contribution in [0.15, 0.2) is 0 Å². The average Bonchev–Trinajstić information content (AvgIpc) is 2.83. The molecular weight excluding hydrogens is 352 g/mol. The standard InChI is InChI=1S/C19H30N2O4S/c1-9-21(10-2)16(22)14-12(5)13(17(23)25-11(3)4)15(26-14)20-18(24)19(6,7)8/h11H,9-10H2,1-8H3,(H,20,24). The molecule has 0 spiro atoms. The quantitative estimate of drug-likeness (QED) is 0.752. The Kier molecular flexibility index (Phi) is 7.38. The Morgan fingerprint density at radius 3 is 2.12 bits per heavy atom. The van der Waals surface area contributed by atoms with Gasteiger partial charge < -0.3 is 15.0 Å². The van der Waals surface area contributed by atoms with Crippen molar-refractivity contribution in [3.8, 4) is 0 Å². The molecule has 0 radical (unpaired) electrons. The number of hydrogen-bond acceptors (Lipinski definition) is 5. The number of carbonyl (C=O) groups excluding carboxylic acids is 3. The molecule has 0 aromatic carbocycles. The fourth-order valence-electron chi connectivity index (χ4n) is 2.27. The van der Waals surface area contributed by atoms with Crippen molar-refractivity contribution in [3.63, 3.8) is 0 Å². The Labute approximate surface area is 159 Å². The third-order valence-corrected chi connectivity index (χ3v) is 5.04. The molecule has 1 aromatic rings. The van der Waals surface area contributed by atoms with Crippen LogP contribution in [0.4, 0.5) is 5.00 Å². The van der Waals surface area contributed by atoms with E-state index < -0.39 is 11.4 Å². The number of anilines is 1. The molecule has 0 aliphatic rings. The van der Waals surface area contributed by atoms with Crippen LogP contribution < -0.4 is 5.32 Å². The molecule has 26 heavy (non-hydrogen) atoms. The minimum Gasteiger partial charge on any atom is -0.459 e. The van der Waals surface area contributed by atoms with Gasteiger partial charge in [-0.1, -0.05) is 20.8 Å². The Bertz CT molecular complexity index is 682. The molecule has 1 rings (SSSR count). The van der Waals surface area contributed by atoms with Gasteiger partial charge in [0, 0.05) is 18.5 Å². The summed E-state index contributed by atoms with van der Waals surface area (Å²) in [6.45, 7) is 15.6. The Hall–Kier alpha value is -1.89. The molecule has 0 aliphatic carbocycles. The fraction of sp³-hybridized carbons (Fsp3) is 0.632. The smallest absolute Gasteiger partial charge is 0.341 e. The molecule has 1 heterocycles. The van der Waals surface area contributed by atoms with Gasteiger partial charge >= 0.3 is 5.97 Å². The maximum absolute atomic E-state index is 12.8. The summed E-state index contributed by atoms with van der Waals surface area (Å²) < 4.78 is 5.32. The highest BCUT2D eigenvalue weighted by Gasteiger charge is 2.30. The summed E-state index contributed by atoms with van der Waals surface area (Å²) in [6.07, 6.45) is -0.296. The van der Waals surface area contributed by atoms with Gasteiger partial charge in [0.2, 0.25) is 5.91 Å². The number of ether oxygens (including phenoxy) is 1. The van der Waals surface area contributed by atoms with E-state index in [0.717, 1.165) is 11.3 Å². The summed E-state index contributed by atoms with van der Waals surface area (Å²) in [6, 6.07) is 0. The number of thiophene rings is 1. The van der Waals surface area contributed by atoms with Crippen molar-refractivity contribution in [1.29, 1.82) is 0 Å². The van der Waals surface area contributed by atoms with E-state index in [1.165, 1.54) is 0 Å². The zero-order valence-electron chi connectivity index (χ0n) is 17.0. The zero-order valence-corrected chi connectivity index (χ0v) is 17.8. The third kappa shape index (κ3) is 5.06. The maximum atomic E-state index is 12.8. The van der Waals surface area contributed by atoms with E-state index in [0.29, 0.717) is 28.5 Å². The molecule has 0 unspecified atom stereocenters. The highest BCUT2D eigenvalue weighted by molar-refractivity contribution is 7.18. The second kappa shape index (κ2) is 8.66. The second-order valence-electron chi connectivity index (χ2n) is 7.40. The van der Waals surface area contributed by atoms with E-state index >= 15 is 0 Å². The number of hydrogen-bond donors (Lipinski definition) is 1. The first kappa shape index (κ1) is 22.2. The molecule has 6 nitrogen and oxygen atoms in total. The van der Waals surface area contributed by atoms with Gasteiger partial charge in [-0.05, 0) is 40.2 Å². The van der Waals surface area contributed by atoms with E-state index in [2.05, 4.69) is 5.32 Å². The lowest BCUT2D eigenvalue weighted by molar-refractivity contribution is -0.123. The summed E-state index contributed by atoms with van der Waals surface area (Å²) in [4.78, 5) is 39.9. The monoisotopic (exact) mass is 382 g/mol. The summed E-state index contributed by atoms with van der Waals surface area (Å²) in [5.74, 6) is -0.900. The molecule has 7 heteroatoms. The molecule has 2 amide bonds. The Morgan fingerprint density at radius 2 is 1.69 bits per heavy atom. The third-order valence-electron chi connectivity index (χ3n) is 3.85. The molecular formula is C19H30N2O4S. The van der Waals surface area contributed by atoms with Crippen molar-refractivity contribution in [2.45, 2.75) is 61.5 Å². The lowest BCUT2D eigenvalue weighted by atomic mass is 9.96. The van der Waals surface area contributed by atoms with Gasteiger partial charge in [0.05, 0.1) is 16.5 Å². The van der Waals surface area contributed by atoms with E-state index in [1.54, 1.807) is 46.4 Å². The van der Waals surface area contributed by atoms with Crippen LogP contribution in [0, 0.1) is 12.3 Å². The number of nitrogens with one attached hydrogen (secondary N) is 1. The first-order chi connectivity index (χ1) is 11.9. The van der Waals surface area contributed by atoms with Crippen molar-refractivity contribution >= 4 is 34.1 Å². The Balaban J connectivity index is 3.42. The average molecular weight is 383 g/mol. The minimum atomic E-state index is -0.625.